The predicted octanol–water partition coefficient (Wildman–Crippen LogP) is 5.36. The molecule has 140 valence electrons. The molecular weight excluding hydrogens is 344 g/mol. The summed E-state index contributed by atoms with van der Waals surface area (Å²) >= 11 is 0. The van der Waals surface area contributed by atoms with Crippen LogP contribution in [0.1, 0.15) is 41.3 Å². The van der Waals surface area contributed by atoms with Crippen LogP contribution in [0.3, 0.4) is 0 Å². The van der Waals surface area contributed by atoms with Gasteiger partial charge in [-0.25, -0.2) is 5.01 Å². The summed E-state index contributed by atoms with van der Waals surface area (Å²) in [4.78, 5) is 13.3. The molecule has 1 atom stereocenters. The molecule has 0 radical (unpaired) electrons. The van der Waals surface area contributed by atoms with Crippen LogP contribution in [0.2, 0.25) is 0 Å². The molecule has 0 spiro atoms. The topological polar surface area (TPSA) is 32.7 Å². The van der Waals surface area contributed by atoms with Crippen molar-refractivity contribution in [2.75, 3.05) is 0 Å². The van der Waals surface area contributed by atoms with Crippen LogP contribution < -0.4 is 0 Å². The molecule has 3 nitrogen and oxygen atoms in total. The summed E-state index contributed by atoms with van der Waals surface area (Å²) in [7, 11) is 0. The zero-order valence-electron chi connectivity index (χ0n) is 16.2. The maximum Gasteiger partial charge on any atom is 0.274 e. The highest BCUT2D eigenvalue weighted by molar-refractivity contribution is 5.96. The molecule has 0 N–H and O–H groups in total. The summed E-state index contributed by atoms with van der Waals surface area (Å²) in [5.74, 6) is -0.0446. The lowest BCUT2D eigenvalue weighted by Crippen LogP contribution is -2.45. The van der Waals surface area contributed by atoms with Crippen molar-refractivity contribution in [1.82, 2.24) is 5.01 Å². The highest BCUT2D eigenvalue weighted by Crippen LogP contribution is 2.43. The van der Waals surface area contributed by atoms with Gasteiger partial charge in [0.25, 0.3) is 5.91 Å². The van der Waals surface area contributed by atoms with Gasteiger partial charge in [-0.1, -0.05) is 92.7 Å². The molecule has 0 aromatic heterocycles. The van der Waals surface area contributed by atoms with Crippen LogP contribution in [-0.2, 0) is 0 Å². The zero-order valence-corrected chi connectivity index (χ0v) is 16.2. The molecule has 1 aliphatic rings. The number of amides is 1. The Bertz CT molecular complexity index is 926. The zero-order chi connectivity index (χ0) is 19.6. The number of hydrazone groups is 1. The number of carbonyl (C=O) groups is 1. The minimum Gasteiger partial charge on any atom is -0.267 e. The molecular formula is C25H24N2O. The van der Waals surface area contributed by atoms with Crippen LogP contribution in [0, 0.1) is 5.41 Å². The molecule has 1 unspecified atom stereocenters. The number of hydrogen-bond donors (Lipinski definition) is 0. The molecule has 1 amide bonds. The minimum absolute atomic E-state index is 0.0209. The van der Waals surface area contributed by atoms with Crippen molar-refractivity contribution in [3.05, 3.63) is 108 Å². The van der Waals surface area contributed by atoms with Crippen molar-refractivity contribution in [2.45, 2.75) is 25.8 Å². The smallest absolute Gasteiger partial charge is 0.267 e. The second-order valence-corrected chi connectivity index (χ2v) is 7.83. The Balaban J connectivity index is 1.82. The number of carbonyl (C=O) groups excluding carboxylic acids is 1. The number of rotatable bonds is 4. The van der Waals surface area contributed by atoms with Crippen molar-refractivity contribution in [3.63, 3.8) is 0 Å². The second kappa shape index (κ2) is 7.43. The van der Waals surface area contributed by atoms with E-state index in [1.165, 1.54) is 11.1 Å². The Morgan fingerprint density at radius 2 is 1.29 bits per heavy atom. The van der Waals surface area contributed by atoms with Gasteiger partial charge in [-0.15, -0.1) is 0 Å². The van der Waals surface area contributed by atoms with Gasteiger partial charge in [-0.3, -0.25) is 4.79 Å². The fourth-order valence-corrected chi connectivity index (χ4v) is 4.01. The normalized spacial score (nSPS) is 17.8. The molecule has 0 fully saturated rings. The molecule has 0 saturated carbocycles. The van der Waals surface area contributed by atoms with Crippen LogP contribution in [0.4, 0.5) is 0 Å². The van der Waals surface area contributed by atoms with Gasteiger partial charge in [-0.05, 0) is 23.3 Å². The first-order valence-electron chi connectivity index (χ1n) is 9.61. The first kappa shape index (κ1) is 18.2. The highest BCUT2D eigenvalue weighted by atomic mass is 16.2. The Labute approximate surface area is 166 Å². The van der Waals surface area contributed by atoms with E-state index < -0.39 is 0 Å². The van der Waals surface area contributed by atoms with Gasteiger partial charge in [-0.2, -0.15) is 5.10 Å². The van der Waals surface area contributed by atoms with Gasteiger partial charge in [0.2, 0.25) is 0 Å². The van der Waals surface area contributed by atoms with E-state index in [-0.39, 0.29) is 23.3 Å². The minimum atomic E-state index is -0.263. The van der Waals surface area contributed by atoms with E-state index in [2.05, 4.69) is 67.5 Å². The summed E-state index contributed by atoms with van der Waals surface area (Å²) in [6, 6.07) is 30.1. The fraction of sp³-hybridized carbons (Fsp3) is 0.200. The third-order valence-electron chi connectivity index (χ3n) is 5.40. The van der Waals surface area contributed by atoms with Gasteiger partial charge < -0.3 is 0 Å². The lowest BCUT2D eigenvalue weighted by Gasteiger charge is -2.37. The van der Waals surface area contributed by atoms with Crippen molar-refractivity contribution in [3.8, 4) is 0 Å². The van der Waals surface area contributed by atoms with E-state index in [1.54, 1.807) is 5.01 Å². The van der Waals surface area contributed by atoms with Crippen molar-refractivity contribution < 1.29 is 4.79 Å². The highest BCUT2D eigenvalue weighted by Gasteiger charge is 2.46. The van der Waals surface area contributed by atoms with Crippen LogP contribution in [0.5, 0.6) is 0 Å². The molecule has 1 aliphatic heterocycles. The third kappa shape index (κ3) is 3.36. The van der Waals surface area contributed by atoms with Gasteiger partial charge >= 0.3 is 0 Å². The van der Waals surface area contributed by atoms with E-state index in [1.807, 2.05) is 48.7 Å². The standard InChI is InChI=1S/C25H24N2O/c1-25(2)18-26-27(24(28)21-16-10-5-11-17-21)23(25)22(19-12-6-3-7-13-19)20-14-8-4-9-15-20/h3-18,22-23H,1-2H3. The predicted molar refractivity (Wildman–Crippen MR) is 113 cm³/mol. The Morgan fingerprint density at radius 1 is 0.821 bits per heavy atom. The summed E-state index contributed by atoms with van der Waals surface area (Å²) in [6.45, 7) is 4.30. The molecule has 4 rings (SSSR count). The van der Waals surface area contributed by atoms with E-state index >= 15 is 0 Å². The van der Waals surface area contributed by atoms with Crippen molar-refractivity contribution in [1.29, 1.82) is 0 Å². The molecule has 0 saturated heterocycles. The van der Waals surface area contributed by atoms with Crippen LogP contribution in [-0.4, -0.2) is 23.2 Å². The molecule has 3 heteroatoms. The van der Waals surface area contributed by atoms with E-state index in [0.29, 0.717) is 5.56 Å². The van der Waals surface area contributed by atoms with E-state index in [4.69, 9.17) is 0 Å². The Morgan fingerprint density at radius 3 is 1.79 bits per heavy atom. The van der Waals surface area contributed by atoms with Gasteiger partial charge in [0.05, 0.1) is 6.04 Å². The molecule has 1 heterocycles. The van der Waals surface area contributed by atoms with Gasteiger partial charge in [0.15, 0.2) is 0 Å². The molecule has 0 aliphatic carbocycles. The summed E-state index contributed by atoms with van der Waals surface area (Å²) in [6.07, 6.45) is 1.91. The molecule has 0 bridgehead atoms. The summed E-state index contributed by atoms with van der Waals surface area (Å²) < 4.78 is 0. The van der Waals surface area contributed by atoms with Crippen molar-refractivity contribution >= 4 is 12.1 Å². The summed E-state index contributed by atoms with van der Waals surface area (Å²) in [5, 5.41) is 6.26. The number of nitrogens with zero attached hydrogens (tertiary/aromatic N) is 2. The van der Waals surface area contributed by atoms with E-state index in [9.17, 15) is 4.79 Å². The third-order valence-corrected chi connectivity index (χ3v) is 5.40. The summed E-state index contributed by atoms with van der Waals surface area (Å²) in [5.41, 5.74) is 2.76. The molecule has 3 aromatic carbocycles. The fourth-order valence-electron chi connectivity index (χ4n) is 4.01. The first-order chi connectivity index (χ1) is 13.6. The molecule has 28 heavy (non-hydrogen) atoms. The largest absolute Gasteiger partial charge is 0.274 e. The second-order valence-electron chi connectivity index (χ2n) is 7.83. The molecule has 3 aromatic rings. The van der Waals surface area contributed by atoms with Crippen molar-refractivity contribution in [2.24, 2.45) is 10.5 Å². The maximum absolute atomic E-state index is 13.3. The lowest BCUT2D eigenvalue weighted by molar-refractivity contribution is 0.0624. The Hall–Kier alpha value is -3.20. The quantitative estimate of drug-likeness (QED) is 0.610. The average Bonchev–Trinajstić information content (AvgIpc) is 3.05. The SMILES string of the molecule is CC1(C)C=NN(C(=O)c2ccccc2)C1C(c1ccccc1)c1ccccc1. The number of hydrogen-bond acceptors (Lipinski definition) is 2. The van der Waals surface area contributed by atoms with Crippen LogP contribution in [0.25, 0.3) is 0 Å². The number of benzene rings is 3. The van der Waals surface area contributed by atoms with E-state index in [0.717, 1.165) is 0 Å². The monoisotopic (exact) mass is 368 g/mol. The average molecular weight is 368 g/mol. The first-order valence-corrected chi connectivity index (χ1v) is 9.61. The maximum atomic E-state index is 13.3. The lowest BCUT2D eigenvalue weighted by atomic mass is 9.73. The van der Waals surface area contributed by atoms with Gasteiger partial charge in [0, 0.05) is 23.1 Å². The van der Waals surface area contributed by atoms with Gasteiger partial charge in [0.1, 0.15) is 0 Å². The van der Waals surface area contributed by atoms with Crippen LogP contribution >= 0.6 is 0 Å². The Kier molecular flexibility index (Phi) is 4.82. The van der Waals surface area contributed by atoms with Crippen LogP contribution in [0.15, 0.2) is 96.1 Å².